The van der Waals surface area contributed by atoms with E-state index < -0.39 is 8.32 Å². The molecule has 0 bridgehead atoms. The van der Waals surface area contributed by atoms with Gasteiger partial charge in [-0.05, 0) is 64.6 Å². The second kappa shape index (κ2) is 6.51. The third kappa shape index (κ3) is 5.01. The molecule has 0 saturated carbocycles. The number of rotatable bonds is 5. The van der Waals surface area contributed by atoms with Crippen LogP contribution in [0, 0.1) is 5.82 Å². The molecule has 1 aromatic carbocycles. The van der Waals surface area contributed by atoms with Crippen molar-refractivity contribution in [3.05, 3.63) is 34.1 Å². The van der Waals surface area contributed by atoms with E-state index in [1.807, 2.05) is 12.1 Å². The van der Waals surface area contributed by atoms with Gasteiger partial charge >= 0.3 is 0 Å². The van der Waals surface area contributed by atoms with Crippen LogP contribution >= 0.6 is 15.9 Å². The summed E-state index contributed by atoms with van der Waals surface area (Å²) in [6, 6.07) is 5.20. The largest absolute Gasteiger partial charge is 0.417 e. The molecule has 1 nitrogen and oxygen atoms in total. The minimum Gasteiger partial charge on any atom is -0.417 e. The molecule has 108 valence electrons. The summed E-state index contributed by atoms with van der Waals surface area (Å²) in [6.45, 7) is 12.1. The van der Waals surface area contributed by atoms with E-state index in [0.717, 1.165) is 25.0 Å². The Kier molecular flexibility index (Phi) is 5.77. The molecule has 0 atom stereocenters. The molecule has 1 rings (SSSR count). The Labute approximate surface area is 125 Å². The van der Waals surface area contributed by atoms with Crippen LogP contribution in [0.3, 0.4) is 0 Å². The van der Waals surface area contributed by atoms with Gasteiger partial charge in [-0.15, -0.1) is 0 Å². The quantitative estimate of drug-likeness (QED) is 0.502. The average Bonchev–Trinajstić information content (AvgIpc) is 2.27. The van der Waals surface area contributed by atoms with Gasteiger partial charge in [0.25, 0.3) is 0 Å². The number of aryl methyl sites for hydroxylation is 1. The number of benzene rings is 1. The van der Waals surface area contributed by atoms with E-state index >= 15 is 0 Å². The number of hydrogen-bond acceptors (Lipinski definition) is 1. The van der Waals surface area contributed by atoms with Crippen LogP contribution in [0.2, 0.25) is 18.1 Å². The van der Waals surface area contributed by atoms with E-state index in [-0.39, 0.29) is 10.9 Å². The SMILES string of the molecule is CC(C)(C)[Si](C)(C)OCCCc1ccc(F)c(Br)c1. The summed E-state index contributed by atoms with van der Waals surface area (Å²) in [7, 11) is -1.63. The first kappa shape index (κ1) is 16.9. The predicted molar refractivity (Wildman–Crippen MR) is 85.6 cm³/mol. The van der Waals surface area contributed by atoms with Gasteiger partial charge in [-0.1, -0.05) is 26.8 Å². The molecule has 0 spiro atoms. The minimum atomic E-state index is -1.63. The van der Waals surface area contributed by atoms with Gasteiger partial charge in [0.1, 0.15) is 5.82 Å². The third-order valence-electron chi connectivity index (χ3n) is 3.86. The molecule has 1 aromatic rings. The Bertz CT molecular complexity index is 427. The summed E-state index contributed by atoms with van der Waals surface area (Å²) in [6.07, 6.45) is 1.90. The fraction of sp³-hybridized carbons (Fsp3) is 0.600. The van der Waals surface area contributed by atoms with Crippen molar-refractivity contribution in [1.82, 2.24) is 0 Å². The molecule has 0 aliphatic heterocycles. The van der Waals surface area contributed by atoms with Gasteiger partial charge in [0.15, 0.2) is 8.32 Å². The summed E-state index contributed by atoms with van der Waals surface area (Å²) in [4.78, 5) is 0. The molecule has 0 aliphatic rings. The highest BCUT2D eigenvalue weighted by Crippen LogP contribution is 2.36. The van der Waals surface area contributed by atoms with E-state index in [1.54, 1.807) is 0 Å². The van der Waals surface area contributed by atoms with Crippen molar-refractivity contribution in [3.8, 4) is 0 Å². The smallest absolute Gasteiger partial charge is 0.191 e. The van der Waals surface area contributed by atoms with Crippen molar-refractivity contribution in [2.24, 2.45) is 0 Å². The lowest BCUT2D eigenvalue weighted by Crippen LogP contribution is -2.41. The normalized spacial score (nSPS) is 12.8. The lowest BCUT2D eigenvalue weighted by molar-refractivity contribution is 0.282. The summed E-state index contributed by atoms with van der Waals surface area (Å²) in [5.74, 6) is -0.207. The molecule has 0 amide bonds. The Balaban J connectivity index is 2.41. The first-order valence-electron chi connectivity index (χ1n) is 6.71. The van der Waals surface area contributed by atoms with E-state index in [9.17, 15) is 4.39 Å². The van der Waals surface area contributed by atoms with Crippen LogP contribution in [0.25, 0.3) is 0 Å². The van der Waals surface area contributed by atoms with E-state index in [2.05, 4.69) is 49.8 Å². The highest BCUT2D eigenvalue weighted by atomic mass is 79.9. The molecule has 0 N–H and O–H groups in total. The zero-order valence-corrected chi connectivity index (χ0v) is 15.1. The Hall–Kier alpha value is -0.193. The molecule has 0 heterocycles. The zero-order valence-electron chi connectivity index (χ0n) is 12.5. The molecular weight excluding hydrogens is 323 g/mol. The van der Waals surface area contributed by atoms with Gasteiger partial charge in [-0.25, -0.2) is 4.39 Å². The Morgan fingerprint density at radius 1 is 1.26 bits per heavy atom. The Morgan fingerprint density at radius 3 is 2.42 bits per heavy atom. The molecule has 0 fully saturated rings. The van der Waals surface area contributed by atoms with E-state index in [0.29, 0.717) is 4.47 Å². The molecule has 0 radical (unpaired) electrons. The summed E-state index contributed by atoms with van der Waals surface area (Å²) < 4.78 is 19.8. The van der Waals surface area contributed by atoms with E-state index in [4.69, 9.17) is 4.43 Å². The van der Waals surface area contributed by atoms with Crippen LogP contribution in [0.4, 0.5) is 4.39 Å². The van der Waals surface area contributed by atoms with Gasteiger partial charge in [0.05, 0.1) is 4.47 Å². The average molecular weight is 347 g/mol. The standard InChI is InChI=1S/C15H24BrFOSi/c1-15(2,3)19(4,5)18-10-6-7-12-8-9-14(17)13(16)11-12/h8-9,11H,6-7,10H2,1-5H3. The molecule has 0 aliphatic carbocycles. The Morgan fingerprint density at radius 2 is 1.89 bits per heavy atom. The zero-order chi connectivity index (χ0) is 14.7. The van der Waals surface area contributed by atoms with Crippen LogP contribution < -0.4 is 0 Å². The van der Waals surface area contributed by atoms with Crippen molar-refractivity contribution in [3.63, 3.8) is 0 Å². The molecule has 0 unspecified atom stereocenters. The van der Waals surface area contributed by atoms with Gasteiger partial charge in [0, 0.05) is 6.61 Å². The predicted octanol–water partition coefficient (Wildman–Crippen LogP) is 5.54. The lowest BCUT2D eigenvalue weighted by atomic mass is 10.1. The van der Waals surface area contributed by atoms with E-state index in [1.165, 1.54) is 6.07 Å². The first-order chi connectivity index (χ1) is 8.63. The highest BCUT2D eigenvalue weighted by molar-refractivity contribution is 9.10. The second-order valence-corrected chi connectivity index (χ2v) is 12.1. The summed E-state index contributed by atoms with van der Waals surface area (Å²) in [5.41, 5.74) is 1.15. The third-order valence-corrected chi connectivity index (χ3v) is 9.01. The lowest BCUT2D eigenvalue weighted by Gasteiger charge is -2.36. The topological polar surface area (TPSA) is 9.23 Å². The van der Waals surface area contributed by atoms with Crippen LogP contribution in [-0.2, 0) is 10.8 Å². The molecule has 0 aromatic heterocycles. The number of halogens is 2. The molecular formula is C15H24BrFOSi. The van der Waals surface area contributed by atoms with Crippen molar-refractivity contribution >= 4 is 24.2 Å². The molecule has 19 heavy (non-hydrogen) atoms. The maximum Gasteiger partial charge on any atom is 0.191 e. The van der Waals surface area contributed by atoms with Gasteiger partial charge in [0.2, 0.25) is 0 Å². The maximum absolute atomic E-state index is 13.1. The van der Waals surface area contributed by atoms with Gasteiger partial charge < -0.3 is 4.43 Å². The molecule has 4 heteroatoms. The summed E-state index contributed by atoms with van der Waals surface area (Å²) in [5, 5.41) is 0.256. The first-order valence-corrected chi connectivity index (χ1v) is 10.4. The highest BCUT2D eigenvalue weighted by Gasteiger charge is 2.36. The summed E-state index contributed by atoms with van der Waals surface area (Å²) >= 11 is 3.21. The van der Waals surface area contributed by atoms with Crippen molar-refractivity contribution < 1.29 is 8.82 Å². The minimum absolute atomic E-state index is 0.207. The van der Waals surface area contributed by atoms with Crippen LogP contribution in [-0.4, -0.2) is 14.9 Å². The number of hydrogen-bond donors (Lipinski definition) is 0. The monoisotopic (exact) mass is 346 g/mol. The van der Waals surface area contributed by atoms with Crippen LogP contribution in [0.1, 0.15) is 32.8 Å². The molecule has 0 saturated heterocycles. The van der Waals surface area contributed by atoms with Gasteiger partial charge in [-0.2, -0.15) is 0 Å². The second-order valence-electron chi connectivity index (χ2n) is 6.46. The fourth-order valence-electron chi connectivity index (χ4n) is 1.52. The van der Waals surface area contributed by atoms with Crippen LogP contribution in [0.15, 0.2) is 22.7 Å². The van der Waals surface area contributed by atoms with Crippen molar-refractivity contribution in [2.45, 2.75) is 51.7 Å². The maximum atomic E-state index is 13.1. The van der Waals surface area contributed by atoms with Gasteiger partial charge in [-0.3, -0.25) is 0 Å². The van der Waals surface area contributed by atoms with Crippen molar-refractivity contribution in [1.29, 1.82) is 0 Å². The van der Waals surface area contributed by atoms with Crippen molar-refractivity contribution in [2.75, 3.05) is 6.61 Å². The fourth-order valence-corrected chi connectivity index (χ4v) is 3.03. The van der Waals surface area contributed by atoms with Crippen LogP contribution in [0.5, 0.6) is 0 Å².